The quantitative estimate of drug-likeness (QED) is 0.728. The molecule has 2 aromatic rings. The van der Waals surface area contributed by atoms with Crippen molar-refractivity contribution in [2.45, 2.75) is 31.8 Å². The Bertz CT molecular complexity index is 848. The second-order valence-corrected chi connectivity index (χ2v) is 8.53. The molecule has 0 aliphatic carbocycles. The fraction of sp³-hybridized carbons (Fsp3) is 0.455. The lowest BCUT2D eigenvalue weighted by Crippen LogP contribution is -2.46. The van der Waals surface area contributed by atoms with Crippen LogP contribution in [-0.2, 0) is 20.9 Å². The molecule has 1 unspecified atom stereocenters. The number of ether oxygens (including phenoxy) is 2. The van der Waals surface area contributed by atoms with E-state index in [9.17, 15) is 9.59 Å². The Kier molecular flexibility index (Phi) is 6.16. The van der Waals surface area contributed by atoms with E-state index in [0.29, 0.717) is 32.1 Å². The number of benzene rings is 1. The minimum atomic E-state index is -0.323. The molecule has 7 heteroatoms. The second kappa shape index (κ2) is 8.97. The summed E-state index contributed by atoms with van der Waals surface area (Å²) in [7, 11) is 1.60. The molecule has 0 saturated carbocycles. The van der Waals surface area contributed by atoms with Gasteiger partial charge >= 0.3 is 0 Å². The van der Waals surface area contributed by atoms with E-state index in [1.165, 1.54) is 4.88 Å². The molecule has 1 aromatic carbocycles. The van der Waals surface area contributed by atoms with Crippen molar-refractivity contribution in [2.24, 2.45) is 5.92 Å². The zero-order chi connectivity index (χ0) is 20.2. The zero-order valence-corrected chi connectivity index (χ0v) is 17.4. The minimum absolute atomic E-state index is 0.0142. The average Bonchev–Trinajstić information content (AvgIpc) is 3.42. The number of methoxy groups -OCH3 is 1. The van der Waals surface area contributed by atoms with Crippen molar-refractivity contribution in [2.75, 3.05) is 31.8 Å². The molecule has 2 aliphatic heterocycles. The number of thiophene rings is 1. The number of hydrogen-bond acceptors (Lipinski definition) is 5. The van der Waals surface area contributed by atoms with Crippen molar-refractivity contribution in [3.63, 3.8) is 0 Å². The van der Waals surface area contributed by atoms with Gasteiger partial charge in [-0.1, -0.05) is 12.1 Å². The summed E-state index contributed by atoms with van der Waals surface area (Å²) in [5.41, 5.74) is 0.778. The lowest BCUT2D eigenvalue weighted by molar-refractivity contribution is -0.140. The maximum absolute atomic E-state index is 13.5. The van der Waals surface area contributed by atoms with Crippen LogP contribution in [-0.4, -0.2) is 49.6 Å². The fourth-order valence-electron chi connectivity index (χ4n) is 4.09. The topological polar surface area (TPSA) is 59.1 Å². The summed E-state index contributed by atoms with van der Waals surface area (Å²) in [5, 5.41) is 2.03. The maximum Gasteiger partial charge on any atom is 0.228 e. The lowest BCUT2D eigenvalue weighted by atomic mass is 10.0. The second-order valence-electron chi connectivity index (χ2n) is 7.50. The van der Waals surface area contributed by atoms with Crippen LogP contribution in [0.5, 0.6) is 5.75 Å². The third-order valence-electron chi connectivity index (χ3n) is 5.66. The summed E-state index contributed by atoms with van der Waals surface area (Å²) in [6.45, 7) is 2.37. The van der Waals surface area contributed by atoms with Crippen LogP contribution in [0, 0.1) is 5.92 Å². The van der Waals surface area contributed by atoms with E-state index in [0.717, 1.165) is 18.5 Å². The van der Waals surface area contributed by atoms with Gasteiger partial charge in [-0.3, -0.25) is 9.59 Å². The average molecular weight is 415 g/mol. The van der Waals surface area contributed by atoms with E-state index in [1.807, 2.05) is 40.6 Å². The Morgan fingerprint density at radius 3 is 2.83 bits per heavy atom. The van der Waals surface area contributed by atoms with Gasteiger partial charge in [0.15, 0.2) is 0 Å². The van der Waals surface area contributed by atoms with Crippen LogP contribution in [0.3, 0.4) is 0 Å². The minimum Gasteiger partial charge on any atom is -0.497 e. The summed E-state index contributed by atoms with van der Waals surface area (Å²) in [5.74, 6) is 0.437. The van der Waals surface area contributed by atoms with E-state index < -0.39 is 0 Å². The van der Waals surface area contributed by atoms with E-state index in [1.54, 1.807) is 23.3 Å². The van der Waals surface area contributed by atoms with Gasteiger partial charge in [0.1, 0.15) is 5.75 Å². The Hall–Kier alpha value is -2.38. The first-order valence-electron chi connectivity index (χ1n) is 10.0. The highest BCUT2D eigenvalue weighted by molar-refractivity contribution is 7.09. The molecular formula is C22H26N2O4S. The van der Waals surface area contributed by atoms with Crippen molar-refractivity contribution < 1.29 is 19.1 Å². The molecular weight excluding hydrogens is 388 g/mol. The predicted octanol–water partition coefficient (Wildman–Crippen LogP) is 3.32. The summed E-state index contributed by atoms with van der Waals surface area (Å²) in [6.07, 6.45) is 1.94. The van der Waals surface area contributed by atoms with Crippen molar-refractivity contribution in [1.82, 2.24) is 4.90 Å². The molecule has 1 aromatic heterocycles. The molecule has 29 heavy (non-hydrogen) atoms. The SMILES string of the molecule is COc1cccc(N2CC(C(=O)N(Cc3cccs3)C3CCOCC3)CC2=O)c1. The van der Waals surface area contributed by atoms with Crippen LogP contribution in [0.4, 0.5) is 5.69 Å². The molecule has 6 nitrogen and oxygen atoms in total. The molecule has 2 saturated heterocycles. The van der Waals surface area contributed by atoms with E-state index in [4.69, 9.17) is 9.47 Å². The Morgan fingerprint density at radius 1 is 1.28 bits per heavy atom. The highest BCUT2D eigenvalue weighted by Gasteiger charge is 2.39. The smallest absolute Gasteiger partial charge is 0.228 e. The zero-order valence-electron chi connectivity index (χ0n) is 16.6. The van der Waals surface area contributed by atoms with Crippen LogP contribution < -0.4 is 9.64 Å². The van der Waals surface area contributed by atoms with Gasteiger partial charge in [0.05, 0.1) is 19.6 Å². The molecule has 0 N–H and O–H groups in total. The number of hydrogen-bond donors (Lipinski definition) is 0. The third-order valence-corrected chi connectivity index (χ3v) is 6.52. The molecule has 4 rings (SSSR count). The number of anilines is 1. The lowest BCUT2D eigenvalue weighted by Gasteiger charge is -2.35. The predicted molar refractivity (Wildman–Crippen MR) is 112 cm³/mol. The first-order valence-corrected chi connectivity index (χ1v) is 10.9. The number of rotatable bonds is 6. The van der Waals surface area contributed by atoms with Gasteiger partial charge in [-0.2, -0.15) is 0 Å². The number of carbonyl (C=O) groups excluding carboxylic acids is 2. The Balaban J connectivity index is 1.51. The van der Waals surface area contributed by atoms with Crippen molar-refractivity contribution in [1.29, 1.82) is 0 Å². The molecule has 2 aliphatic rings. The number of carbonyl (C=O) groups is 2. The van der Waals surface area contributed by atoms with Crippen LogP contribution in [0.25, 0.3) is 0 Å². The Morgan fingerprint density at radius 2 is 2.10 bits per heavy atom. The van der Waals surface area contributed by atoms with Gasteiger partial charge in [-0.05, 0) is 36.4 Å². The van der Waals surface area contributed by atoms with Gasteiger partial charge < -0.3 is 19.3 Å². The largest absolute Gasteiger partial charge is 0.497 e. The fourth-order valence-corrected chi connectivity index (χ4v) is 4.79. The van der Waals surface area contributed by atoms with Crippen LogP contribution in [0.15, 0.2) is 41.8 Å². The molecule has 154 valence electrons. The molecule has 0 bridgehead atoms. The van der Waals surface area contributed by atoms with Crippen LogP contribution >= 0.6 is 11.3 Å². The summed E-state index contributed by atoms with van der Waals surface area (Å²) < 4.78 is 10.8. The molecule has 2 amide bonds. The molecule has 0 radical (unpaired) electrons. The molecule has 1 atom stereocenters. The van der Waals surface area contributed by atoms with Gasteiger partial charge in [-0.25, -0.2) is 0 Å². The van der Waals surface area contributed by atoms with Gasteiger partial charge in [-0.15, -0.1) is 11.3 Å². The summed E-state index contributed by atoms with van der Waals surface area (Å²) in [6, 6.07) is 11.7. The van der Waals surface area contributed by atoms with Crippen LogP contribution in [0.1, 0.15) is 24.1 Å². The van der Waals surface area contributed by atoms with Crippen molar-refractivity contribution in [3.8, 4) is 5.75 Å². The molecule has 0 spiro atoms. The van der Waals surface area contributed by atoms with Gasteiger partial charge in [0.2, 0.25) is 11.8 Å². The first kappa shape index (κ1) is 19.9. The highest BCUT2D eigenvalue weighted by Crippen LogP contribution is 2.30. The summed E-state index contributed by atoms with van der Waals surface area (Å²) in [4.78, 5) is 31.1. The monoisotopic (exact) mass is 414 g/mol. The van der Waals surface area contributed by atoms with Crippen molar-refractivity contribution in [3.05, 3.63) is 46.7 Å². The molecule has 2 fully saturated rings. The third kappa shape index (κ3) is 4.46. The summed E-state index contributed by atoms with van der Waals surface area (Å²) >= 11 is 1.66. The van der Waals surface area contributed by atoms with E-state index >= 15 is 0 Å². The van der Waals surface area contributed by atoms with Gasteiger partial charge in [0.25, 0.3) is 0 Å². The van der Waals surface area contributed by atoms with E-state index in [-0.39, 0.29) is 30.2 Å². The Labute approximate surface area is 175 Å². The van der Waals surface area contributed by atoms with E-state index in [2.05, 4.69) is 6.07 Å². The highest BCUT2D eigenvalue weighted by atomic mass is 32.1. The normalized spacial score (nSPS) is 20.1. The molecule has 3 heterocycles. The standard InChI is InChI=1S/C22H26N2O4S/c1-27-19-5-2-4-18(13-19)23-14-16(12-21(23)25)22(26)24(15-20-6-3-11-29-20)17-7-9-28-10-8-17/h2-6,11,13,16-17H,7-10,12,14-15H2,1H3. The number of nitrogens with zero attached hydrogens (tertiary/aromatic N) is 2. The first-order chi connectivity index (χ1) is 14.2. The van der Waals surface area contributed by atoms with Crippen LogP contribution in [0.2, 0.25) is 0 Å². The van der Waals surface area contributed by atoms with Gasteiger partial charge in [0, 0.05) is 48.9 Å². The number of amides is 2. The van der Waals surface area contributed by atoms with Crippen molar-refractivity contribution >= 4 is 28.8 Å². The maximum atomic E-state index is 13.5.